The highest BCUT2D eigenvalue weighted by Crippen LogP contribution is 2.63. The average Bonchev–Trinajstić information content (AvgIpc) is 3.32. The van der Waals surface area contributed by atoms with Gasteiger partial charge >= 0.3 is 0 Å². The highest BCUT2D eigenvalue weighted by atomic mass is 79.9. The van der Waals surface area contributed by atoms with E-state index in [4.69, 9.17) is 0 Å². The fraction of sp³-hybridized carbons (Fsp3) is 0.455. The Kier molecular flexibility index (Phi) is 4.57. The summed E-state index contributed by atoms with van der Waals surface area (Å²) in [5, 5.41) is 0. The van der Waals surface area contributed by atoms with Gasteiger partial charge in [-0.05, 0) is 89.4 Å². The molecular weight excluding hydrogens is 422 g/mol. The van der Waals surface area contributed by atoms with Gasteiger partial charge in [0.15, 0.2) is 0 Å². The Balaban J connectivity index is 1.59. The Bertz CT molecular complexity index is 818. The molecule has 2 aliphatic carbocycles. The van der Waals surface area contributed by atoms with Crippen LogP contribution in [0.25, 0.3) is 0 Å². The molecule has 2 fully saturated rings. The summed E-state index contributed by atoms with van der Waals surface area (Å²) in [5.74, 6) is 2.99. The van der Waals surface area contributed by atoms with Crippen LogP contribution in [-0.4, -0.2) is 18.6 Å². The summed E-state index contributed by atoms with van der Waals surface area (Å²) in [6.45, 7) is 1.17. The third kappa shape index (κ3) is 3.12. The molecule has 0 amide bonds. The topological polar surface area (TPSA) is 3.24 Å². The molecule has 0 bridgehead atoms. The smallest absolute Gasteiger partial charge is 0.0561 e. The third-order valence-corrected chi connectivity index (χ3v) is 9.41. The van der Waals surface area contributed by atoms with Gasteiger partial charge in [0.25, 0.3) is 0 Å². The number of para-hydroxylation sites is 1. The normalized spacial score (nSPS) is 26.2. The Morgan fingerprint density at radius 1 is 1.12 bits per heavy atom. The second-order valence-electron chi connectivity index (χ2n) is 8.14. The van der Waals surface area contributed by atoms with E-state index >= 15 is 0 Å². The molecule has 2 saturated carbocycles. The number of hydrogen-bond donors (Lipinski definition) is 0. The third-order valence-electron chi connectivity index (χ3n) is 6.48. The van der Waals surface area contributed by atoms with E-state index in [-0.39, 0.29) is 0 Å². The molecule has 2 atom stereocenters. The van der Waals surface area contributed by atoms with Gasteiger partial charge in [-0.2, -0.15) is 0 Å². The van der Waals surface area contributed by atoms with Crippen molar-refractivity contribution >= 4 is 50.8 Å². The van der Waals surface area contributed by atoms with Gasteiger partial charge in [-0.25, -0.2) is 0 Å². The van der Waals surface area contributed by atoms with Gasteiger partial charge in [0, 0.05) is 32.2 Å². The second kappa shape index (κ2) is 6.79. The number of halogens is 1. The van der Waals surface area contributed by atoms with Crippen LogP contribution in [0.15, 0.2) is 56.7 Å². The first-order valence-corrected chi connectivity index (χ1v) is 12.5. The highest BCUT2D eigenvalue weighted by Gasteiger charge is 2.53. The molecule has 2 unspecified atom stereocenters. The van der Waals surface area contributed by atoms with E-state index in [0.717, 1.165) is 17.3 Å². The molecule has 0 N–H and O–H groups in total. The minimum atomic E-state index is 0.722. The molecule has 3 aliphatic rings. The van der Waals surface area contributed by atoms with Crippen LogP contribution in [0.3, 0.4) is 0 Å². The standard InChI is InChI=1S/C22H24BrNS2/c1-25-20-10-19-21(9-18(20)23)26-14-16-12-22(7-8-22)11-15(16)13-24(19)17-5-3-2-4-6-17/h2-6,9-10,15-16H,7-8,11-14H2,1H3. The quantitative estimate of drug-likeness (QED) is 0.449. The maximum atomic E-state index is 3.79. The van der Waals surface area contributed by atoms with Crippen LogP contribution in [0.1, 0.15) is 25.7 Å². The zero-order valence-electron chi connectivity index (χ0n) is 15.1. The number of nitrogens with zero attached hydrogens (tertiary/aromatic N) is 1. The molecule has 5 rings (SSSR count). The second-order valence-corrected chi connectivity index (χ2v) is 10.9. The molecule has 0 saturated heterocycles. The van der Waals surface area contributed by atoms with Crippen molar-refractivity contribution in [1.82, 2.24) is 0 Å². The molecule has 2 aromatic carbocycles. The van der Waals surface area contributed by atoms with Gasteiger partial charge in [0.05, 0.1) is 5.69 Å². The largest absolute Gasteiger partial charge is 0.340 e. The van der Waals surface area contributed by atoms with Gasteiger partial charge in [0.1, 0.15) is 0 Å². The summed E-state index contributed by atoms with van der Waals surface area (Å²) in [7, 11) is 0. The first-order valence-electron chi connectivity index (χ1n) is 9.50. The lowest BCUT2D eigenvalue weighted by Crippen LogP contribution is -2.30. The molecule has 1 aliphatic heterocycles. The number of rotatable bonds is 2. The van der Waals surface area contributed by atoms with E-state index in [1.165, 1.54) is 63.6 Å². The molecule has 26 heavy (non-hydrogen) atoms. The van der Waals surface area contributed by atoms with Crippen LogP contribution in [0, 0.1) is 17.3 Å². The van der Waals surface area contributed by atoms with E-state index in [9.17, 15) is 0 Å². The van der Waals surface area contributed by atoms with Crippen LogP contribution in [-0.2, 0) is 0 Å². The van der Waals surface area contributed by atoms with Crippen molar-refractivity contribution in [3.05, 3.63) is 46.9 Å². The zero-order valence-corrected chi connectivity index (χ0v) is 18.3. The lowest BCUT2D eigenvalue weighted by atomic mass is 9.96. The minimum absolute atomic E-state index is 0.722. The van der Waals surface area contributed by atoms with Crippen molar-refractivity contribution in [2.45, 2.75) is 35.5 Å². The number of hydrogen-bond acceptors (Lipinski definition) is 3. The Hall–Kier alpha value is -0.580. The van der Waals surface area contributed by atoms with Gasteiger partial charge < -0.3 is 4.90 Å². The summed E-state index contributed by atoms with van der Waals surface area (Å²) in [4.78, 5) is 5.36. The molecule has 2 aromatic rings. The Morgan fingerprint density at radius 2 is 1.88 bits per heavy atom. The number of fused-ring (bicyclic) bond motifs is 2. The molecule has 1 nitrogen and oxygen atoms in total. The van der Waals surface area contributed by atoms with E-state index < -0.39 is 0 Å². The van der Waals surface area contributed by atoms with Gasteiger partial charge in [-0.3, -0.25) is 0 Å². The average molecular weight is 446 g/mol. The van der Waals surface area contributed by atoms with E-state index in [1.807, 2.05) is 11.8 Å². The van der Waals surface area contributed by atoms with E-state index in [1.54, 1.807) is 0 Å². The number of thioether (sulfide) groups is 2. The van der Waals surface area contributed by atoms with Crippen molar-refractivity contribution in [2.24, 2.45) is 17.3 Å². The van der Waals surface area contributed by atoms with Crippen LogP contribution >= 0.6 is 39.5 Å². The van der Waals surface area contributed by atoms with Crippen LogP contribution in [0.5, 0.6) is 0 Å². The lowest BCUT2D eigenvalue weighted by Gasteiger charge is -2.35. The number of anilines is 2. The predicted molar refractivity (Wildman–Crippen MR) is 118 cm³/mol. The zero-order chi connectivity index (χ0) is 17.7. The predicted octanol–water partition coefficient (Wildman–Crippen LogP) is 7.22. The lowest BCUT2D eigenvalue weighted by molar-refractivity contribution is 0.429. The van der Waals surface area contributed by atoms with E-state index in [0.29, 0.717) is 0 Å². The van der Waals surface area contributed by atoms with Crippen molar-refractivity contribution in [3.63, 3.8) is 0 Å². The molecule has 136 valence electrons. The van der Waals surface area contributed by atoms with Crippen LogP contribution in [0.4, 0.5) is 11.4 Å². The fourth-order valence-corrected chi connectivity index (χ4v) is 7.68. The van der Waals surface area contributed by atoms with Crippen molar-refractivity contribution in [3.8, 4) is 0 Å². The van der Waals surface area contributed by atoms with Crippen LogP contribution < -0.4 is 4.90 Å². The van der Waals surface area contributed by atoms with Crippen molar-refractivity contribution < 1.29 is 0 Å². The summed E-state index contributed by atoms with van der Waals surface area (Å²) in [5.41, 5.74) is 3.45. The Labute approximate surface area is 173 Å². The minimum Gasteiger partial charge on any atom is -0.340 e. The highest BCUT2D eigenvalue weighted by molar-refractivity contribution is 9.10. The maximum Gasteiger partial charge on any atom is 0.0561 e. The molecular formula is C22H24BrNS2. The van der Waals surface area contributed by atoms with Gasteiger partial charge in [-0.1, -0.05) is 18.2 Å². The monoisotopic (exact) mass is 445 g/mol. The first-order chi connectivity index (χ1) is 12.7. The summed E-state index contributed by atoms with van der Waals surface area (Å²) < 4.78 is 1.23. The molecule has 1 heterocycles. The molecule has 0 radical (unpaired) electrons. The van der Waals surface area contributed by atoms with Crippen LogP contribution in [0.2, 0.25) is 0 Å². The van der Waals surface area contributed by atoms with E-state index in [2.05, 4.69) is 81.3 Å². The van der Waals surface area contributed by atoms with Crippen molar-refractivity contribution in [2.75, 3.05) is 23.5 Å². The summed E-state index contributed by atoms with van der Waals surface area (Å²) in [6, 6.07) is 15.8. The molecule has 0 aromatic heterocycles. The first kappa shape index (κ1) is 17.5. The summed E-state index contributed by atoms with van der Waals surface area (Å²) >= 11 is 7.69. The molecule has 4 heteroatoms. The molecule has 1 spiro atoms. The summed E-state index contributed by atoms with van der Waals surface area (Å²) in [6.07, 6.45) is 8.03. The van der Waals surface area contributed by atoms with Gasteiger partial charge in [-0.15, -0.1) is 23.5 Å². The van der Waals surface area contributed by atoms with Gasteiger partial charge in [0.2, 0.25) is 0 Å². The maximum absolute atomic E-state index is 3.79. The fourth-order valence-electron chi connectivity index (χ4n) is 4.91. The van der Waals surface area contributed by atoms with Crippen molar-refractivity contribution in [1.29, 1.82) is 0 Å². The SMILES string of the molecule is CSc1cc2c(cc1Br)SCC1CC3(CC3)CC1CN2c1ccccc1. The number of benzene rings is 2. The Morgan fingerprint density at radius 3 is 2.62 bits per heavy atom.